The Morgan fingerprint density at radius 1 is 1.28 bits per heavy atom. The maximum atomic E-state index is 11.9. The van der Waals surface area contributed by atoms with E-state index in [9.17, 15) is 4.79 Å². The van der Waals surface area contributed by atoms with E-state index in [2.05, 4.69) is 11.8 Å². The molecule has 0 aliphatic rings. The van der Waals surface area contributed by atoms with Crippen molar-refractivity contribution in [1.82, 2.24) is 9.80 Å². The summed E-state index contributed by atoms with van der Waals surface area (Å²) in [6.07, 6.45) is 0. The van der Waals surface area contributed by atoms with E-state index in [1.54, 1.807) is 4.90 Å². The highest BCUT2D eigenvalue weighted by atomic mass is 16.2. The van der Waals surface area contributed by atoms with Crippen molar-refractivity contribution < 1.29 is 4.79 Å². The first-order chi connectivity index (χ1) is 8.56. The first-order valence-electron chi connectivity index (χ1n) is 6.37. The van der Waals surface area contributed by atoms with Crippen LogP contribution in [0.5, 0.6) is 0 Å². The molecule has 0 bridgehead atoms. The average Bonchev–Trinajstić information content (AvgIpc) is 2.36. The van der Waals surface area contributed by atoms with Gasteiger partial charge in [0.1, 0.15) is 0 Å². The lowest BCUT2D eigenvalue weighted by Crippen LogP contribution is -2.37. The summed E-state index contributed by atoms with van der Waals surface area (Å²) in [6, 6.07) is 7.80. The molecule has 0 aliphatic heterocycles. The van der Waals surface area contributed by atoms with E-state index in [1.165, 1.54) is 0 Å². The van der Waals surface area contributed by atoms with Crippen molar-refractivity contribution in [2.45, 2.75) is 20.4 Å². The van der Waals surface area contributed by atoms with Crippen molar-refractivity contribution in [3.8, 4) is 0 Å². The zero-order valence-corrected chi connectivity index (χ0v) is 11.5. The highest BCUT2D eigenvalue weighted by molar-refractivity contribution is 5.77. The monoisotopic (exact) mass is 249 g/mol. The van der Waals surface area contributed by atoms with Gasteiger partial charge in [0.2, 0.25) is 5.91 Å². The van der Waals surface area contributed by atoms with Gasteiger partial charge >= 0.3 is 0 Å². The molecule has 1 amide bonds. The van der Waals surface area contributed by atoms with Gasteiger partial charge in [-0.05, 0) is 31.2 Å². The van der Waals surface area contributed by atoms with Gasteiger partial charge in [0.15, 0.2) is 0 Å². The Labute approximate surface area is 109 Å². The molecule has 100 valence electrons. The van der Waals surface area contributed by atoms with Crippen LogP contribution in [0.2, 0.25) is 0 Å². The molecule has 18 heavy (non-hydrogen) atoms. The fourth-order valence-corrected chi connectivity index (χ4v) is 1.72. The van der Waals surface area contributed by atoms with Crippen LogP contribution in [0.1, 0.15) is 19.4 Å². The van der Waals surface area contributed by atoms with Crippen LogP contribution in [0.3, 0.4) is 0 Å². The smallest absolute Gasteiger partial charge is 0.236 e. The van der Waals surface area contributed by atoms with Gasteiger partial charge in [0.05, 0.1) is 6.54 Å². The molecule has 0 aliphatic carbocycles. The zero-order valence-electron chi connectivity index (χ0n) is 11.5. The molecule has 1 aromatic rings. The largest absolute Gasteiger partial charge is 0.399 e. The van der Waals surface area contributed by atoms with Gasteiger partial charge in [-0.25, -0.2) is 0 Å². The molecule has 2 N–H and O–H groups in total. The zero-order chi connectivity index (χ0) is 13.5. The minimum atomic E-state index is 0.156. The molecule has 4 nitrogen and oxygen atoms in total. The Morgan fingerprint density at radius 3 is 2.56 bits per heavy atom. The van der Waals surface area contributed by atoms with Gasteiger partial charge in [-0.3, -0.25) is 9.69 Å². The second kappa shape index (κ2) is 7.01. The fourth-order valence-electron chi connectivity index (χ4n) is 1.72. The lowest BCUT2D eigenvalue weighted by atomic mass is 10.2. The third-order valence-corrected chi connectivity index (χ3v) is 3.06. The summed E-state index contributed by atoms with van der Waals surface area (Å²) in [5.74, 6) is 0.156. The van der Waals surface area contributed by atoms with Crippen molar-refractivity contribution >= 4 is 11.6 Å². The van der Waals surface area contributed by atoms with Gasteiger partial charge in [-0.2, -0.15) is 0 Å². The quantitative estimate of drug-likeness (QED) is 0.779. The summed E-state index contributed by atoms with van der Waals surface area (Å²) >= 11 is 0. The molecule has 0 radical (unpaired) electrons. The second-order valence-corrected chi connectivity index (χ2v) is 4.46. The molecule has 4 heteroatoms. The average molecular weight is 249 g/mol. The van der Waals surface area contributed by atoms with Crippen LogP contribution in [-0.4, -0.2) is 42.4 Å². The number of rotatable bonds is 6. The predicted octanol–water partition coefficient (Wildman–Crippen LogP) is 1.57. The normalized spacial score (nSPS) is 10.7. The summed E-state index contributed by atoms with van der Waals surface area (Å²) in [6.45, 7) is 6.84. The lowest BCUT2D eigenvalue weighted by molar-refractivity contribution is -0.131. The lowest BCUT2D eigenvalue weighted by Gasteiger charge is -2.23. The SMILES string of the molecule is CCN(CC(=O)N(C)CC)Cc1cccc(N)c1. The molecule has 0 saturated heterocycles. The Hall–Kier alpha value is -1.55. The second-order valence-electron chi connectivity index (χ2n) is 4.46. The number of amides is 1. The first kappa shape index (κ1) is 14.5. The number of nitrogens with zero attached hydrogens (tertiary/aromatic N) is 2. The number of nitrogens with two attached hydrogens (primary N) is 1. The minimum Gasteiger partial charge on any atom is -0.399 e. The highest BCUT2D eigenvalue weighted by Crippen LogP contribution is 2.09. The number of likely N-dealkylation sites (N-methyl/N-ethyl adjacent to an activating group) is 2. The number of hydrogen-bond acceptors (Lipinski definition) is 3. The Bertz CT molecular complexity index is 392. The van der Waals surface area contributed by atoms with Crippen molar-refractivity contribution in [2.75, 3.05) is 32.4 Å². The first-order valence-corrected chi connectivity index (χ1v) is 6.37. The molecule has 1 rings (SSSR count). The summed E-state index contributed by atoms with van der Waals surface area (Å²) in [7, 11) is 1.83. The van der Waals surface area contributed by atoms with Crippen LogP contribution in [0.25, 0.3) is 0 Å². The predicted molar refractivity (Wildman–Crippen MR) is 75.1 cm³/mol. The van der Waals surface area contributed by atoms with Gasteiger partial charge < -0.3 is 10.6 Å². The number of benzene rings is 1. The molecule has 0 atom stereocenters. The maximum absolute atomic E-state index is 11.9. The Kier molecular flexibility index (Phi) is 5.65. The fraction of sp³-hybridized carbons (Fsp3) is 0.500. The van der Waals surface area contributed by atoms with Crippen LogP contribution in [-0.2, 0) is 11.3 Å². The molecular weight excluding hydrogens is 226 g/mol. The summed E-state index contributed by atoms with van der Waals surface area (Å²) < 4.78 is 0. The third kappa shape index (κ3) is 4.37. The van der Waals surface area contributed by atoms with Crippen molar-refractivity contribution in [3.63, 3.8) is 0 Å². The number of carbonyl (C=O) groups is 1. The van der Waals surface area contributed by atoms with Gasteiger partial charge in [0.25, 0.3) is 0 Å². The van der Waals surface area contributed by atoms with Crippen molar-refractivity contribution in [2.24, 2.45) is 0 Å². The van der Waals surface area contributed by atoms with E-state index in [0.29, 0.717) is 6.54 Å². The highest BCUT2D eigenvalue weighted by Gasteiger charge is 2.12. The van der Waals surface area contributed by atoms with E-state index >= 15 is 0 Å². The van der Waals surface area contributed by atoms with E-state index in [1.807, 2.05) is 38.2 Å². The van der Waals surface area contributed by atoms with E-state index in [-0.39, 0.29) is 5.91 Å². The number of carbonyl (C=O) groups excluding carboxylic acids is 1. The van der Waals surface area contributed by atoms with E-state index in [4.69, 9.17) is 5.73 Å². The molecule has 0 aromatic heterocycles. The van der Waals surface area contributed by atoms with Crippen LogP contribution in [0.4, 0.5) is 5.69 Å². The standard InChI is InChI=1S/C14H23N3O/c1-4-16(3)14(18)11-17(5-2)10-12-7-6-8-13(15)9-12/h6-9H,4-5,10-11,15H2,1-3H3. The maximum Gasteiger partial charge on any atom is 0.236 e. The summed E-state index contributed by atoms with van der Waals surface area (Å²) in [5.41, 5.74) is 7.66. The van der Waals surface area contributed by atoms with E-state index < -0.39 is 0 Å². The van der Waals surface area contributed by atoms with Crippen LogP contribution in [0, 0.1) is 0 Å². The van der Waals surface area contributed by atoms with E-state index in [0.717, 1.165) is 30.9 Å². The van der Waals surface area contributed by atoms with Gasteiger partial charge in [-0.1, -0.05) is 19.1 Å². The molecule has 0 unspecified atom stereocenters. The number of nitrogen functional groups attached to an aromatic ring is 1. The number of anilines is 1. The molecule has 1 aromatic carbocycles. The molecule has 0 heterocycles. The number of hydrogen-bond donors (Lipinski definition) is 1. The molecule has 0 fully saturated rings. The summed E-state index contributed by atoms with van der Waals surface area (Å²) in [4.78, 5) is 15.7. The van der Waals surface area contributed by atoms with Crippen LogP contribution >= 0.6 is 0 Å². The van der Waals surface area contributed by atoms with Crippen molar-refractivity contribution in [1.29, 1.82) is 0 Å². The Morgan fingerprint density at radius 2 is 2.00 bits per heavy atom. The molecular formula is C14H23N3O. The van der Waals surface area contributed by atoms with Gasteiger partial charge in [0, 0.05) is 25.8 Å². The minimum absolute atomic E-state index is 0.156. The molecule has 0 spiro atoms. The third-order valence-electron chi connectivity index (χ3n) is 3.06. The topological polar surface area (TPSA) is 49.6 Å². The van der Waals surface area contributed by atoms with Crippen molar-refractivity contribution in [3.05, 3.63) is 29.8 Å². The van der Waals surface area contributed by atoms with Gasteiger partial charge in [-0.15, -0.1) is 0 Å². The molecule has 0 saturated carbocycles. The Balaban J connectivity index is 2.59. The van der Waals surface area contributed by atoms with Crippen LogP contribution < -0.4 is 5.73 Å². The van der Waals surface area contributed by atoms with Crippen LogP contribution in [0.15, 0.2) is 24.3 Å². The summed E-state index contributed by atoms with van der Waals surface area (Å²) in [5, 5.41) is 0.